The molecule has 1 aliphatic rings. The van der Waals surface area contributed by atoms with E-state index in [1.54, 1.807) is 0 Å². The van der Waals surface area contributed by atoms with Crippen LogP contribution in [0.5, 0.6) is 0 Å². The molecule has 0 saturated heterocycles. The van der Waals surface area contributed by atoms with E-state index in [4.69, 9.17) is 0 Å². The number of fused-ring (bicyclic) bond motifs is 6. The molecular weight excluding hydrogens is 589 g/mol. The van der Waals surface area contributed by atoms with E-state index in [1.165, 1.54) is 87.6 Å². The SMILES string of the molecule is CC1(C)c2ccc(-c3c4ccccc4c(-c4ccc5cc(-c6ccccc6)c6ccccc6c5c4)c4ccccc34)cc2C(C)(C)C1(C)C. The van der Waals surface area contributed by atoms with E-state index in [-0.39, 0.29) is 16.2 Å². The fraction of sp³-hybridized carbons (Fsp3) is 0.184. The minimum atomic E-state index is 0.0433. The Morgan fingerprint density at radius 3 is 1.39 bits per heavy atom. The first-order chi connectivity index (χ1) is 23.6. The smallest absolute Gasteiger partial charge is 0.00261 e. The summed E-state index contributed by atoms with van der Waals surface area (Å²) in [6.45, 7) is 14.6. The van der Waals surface area contributed by atoms with Gasteiger partial charge < -0.3 is 0 Å². The minimum absolute atomic E-state index is 0.0433. The fourth-order valence-electron chi connectivity index (χ4n) is 9.08. The van der Waals surface area contributed by atoms with Crippen LogP contribution in [0.15, 0.2) is 146 Å². The van der Waals surface area contributed by atoms with Crippen molar-refractivity contribution in [2.45, 2.75) is 52.4 Å². The van der Waals surface area contributed by atoms with E-state index in [0.29, 0.717) is 0 Å². The molecule has 0 saturated carbocycles. The molecule has 8 aromatic carbocycles. The molecule has 0 heterocycles. The normalized spacial score (nSPS) is 16.0. The molecule has 0 nitrogen and oxygen atoms in total. The zero-order valence-corrected chi connectivity index (χ0v) is 29.4. The molecule has 0 atom stereocenters. The largest absolute Gasteiger partial charge is 0.0622 e. The molecule has 0 bridgehead atoms. The van der Waals surface area contributed by atoms with Crippen molar-refractivity contribution in [2.24, 2.45) is 5.41 Å². The summed E-state index contributed by atoms with van der Waals surface area (Å²) in [7, 11) is 0. The zero-order chi connectivity index (χ0) is 33.7. The van der Waals surface area contributed by atoms with Crippen LogP contribution in [0.1, 0.15) is 52.7 Å². The molecule has 9 rings (SSSR count). The summed E-state index contributed by atoms with van der Waals surface area (Å²) in [5.74, 6) is 0. The van der Waals surface area contributed by atoms with Gasteiger partial charge in [0.1, 0.15) is 0 Å². The Balaban J connectivity index is 1.31. The van der Waals surface area contributed by atoms with Gasteiger partial charge in [-0.05, 0) is 116 Å². The molecular formula is C49H42. The van der Waals surface area contributed by atoms with Crippen LogP contribution in [0.2, 0.25) is 0 Å². The fourth-order valence-corrected chi connectivity index (χ4v) is 9.08. The van der Waals surface area contributed by atoms with Crippen LogP contribution < -0.4 is 0 Å². The second kappa shape index (κ2) is 10.4. The minimum Gasteiger partial charge on any atom is -0.0622 e. The second-order valence-corrected chi connectivity index (χ2v) is 15.7. The van der Waals surface area contributed by atoms with E-state index in [1.807, 2.05) is 0 Å². The maximum atomic E-state index is 2.52. The summed E-state index contributed by atoms with van der Waals surface area (Å²) in [5.41, 5.74) is 10.9. The highest BCUT2D eigenvalue weighted by molar-refractivity contribution is 6.22. The van der Waals surface area contributed by atoms with Crippen molar-refractivity contribution in [3.63, 3.8) is 0 Å². The maximum Gasteiger partial charge on any atom is -0.00261 e. The highest BCUT2D eigenvalue weighted by Gasteiger charge is 2.56. The molecule has 238 valence electrons. The summed E-state index contributed by atoms with van der Waals surface area (Å²) in [6.07, 6.45) is 0. The van der Waals surface area contributed by atoms with Gasteiger partial charge in [0.05, 0.1) is 0 Å². The Bertz CT molecular complexity index is 2560. The first-order valence-electron chi connectivity index (χ1n) is 17.7. The average Bonchev–Trinajstić information content (AvgIpc) is 3.23. The zero-order valence-electron chi connectivity index (χ0n) is 29.4. The molecule has 0 N–H and O–H groups in total. The van der Waals surface area contributed by atoms with Gasteiger partial charge in [0.2, 0.25) is 0 Å². The lowest BCUT2D eigenvalue weighted by Gasteiger charge is -2.44. The molecule has 0 amide bonds. The standard InChI is InChI=1S/C49H42/c1-47(2)43-27-26-34(30-44(43)48(3,4)49(47,5)6)46-39-22-14-12-20-37(39)45(38-21-13-15-23-40(38)46)33-25-24-32-28-41(31-16-8-7-9-17-31)35-18-10-11-19-36(35)42(32)29-33/h7-30H,1-6H3. The third-order valence-electron chi connectivity index (χ3n) is 12.9. The van der Waals surface area contributed by atoms with Crippen LogP contribution in [-0.2, 0) is 10.8 Å². The van der Waals surface area contributed by atoms with Gasteiger partial charge in [-0.15, -0.1) is 0 Å². The van der Waals surface area contributed by atoms with Crippen LogP contribution in [0, 0.1) is 5.41 Å². The lowest BCUT2D eigenvalue weighted by atomic mass is 9.59. The Labute approximate surface area is 290 Å². The first-order valence-corrected chi connectivity index (χ1v) is 17.7. The van der Waals surface area contributed by atoms with Crippen molar-refractivity contribution in [1.82, 2.24) is 0 Å². The molecule has 0 aromatic heterocycles. The summed E-state index contributed by atoms with van der Waals surface area (Å²) in [5, 5.41) is 10.3. The van der Waals surface area contributed by atoms with Gasteiger partial charge in [-0.2, -0.15) is 0 Å². The first kappa shape index (κ1) is 29.9. The maximum absolute atomic E-state index is 2.52. The average molecular weight is 631 g/mol. The lowest BCUT2D eigenvalue weighted by molar-refractivity contribution is 0.125. The highest BCUT2D eigenvalue weighted by atomic mass is 14.6. The quantitative estimate of drug-likeness (QED) is 0.135. The molecule has 0 unspecified atom stereocenters. The molecule has 0 spiro atoms. The molecule has 1 aliphatic carbocycles. The predicted octanol–water partition coefficient (Wildman–Crippen LogP) is 13.9. The van der Waals surface area contributed by atoms with Gasteiger partial charge in [-0.1, -0.05) is 175 Å². The molecule has 8 aromatic rings. The van der Waals surface area contributed by atoms with E-state index in [0.717, 1.165) is 0 Å². The molecule has 0 fully saturated rings. The summed E-state index contributed by atoms with van der Waals surface area (Å²) in [4.78, 5) is 0. The third-order valence-corrected chi connectivity index (χ3v) is 12.9. The van der Waals surface area contributed by atoms with Crippen molar-refractivity contribution < 1.29 is 0 Å². The van der Waals surface area contributed by atoms with E-state index >= 15 is 0 Å². The molecule has 49 heavy (non-hydrogen) atoms. The Morgan fingerprint density at radius 2 is 0.796 bits per heavy atom. The van der Waals surface area contributed by atoms with Crippen molar-refractivity contribution in [1.29, 1.82) is 0 Å². The van der Waals surface area contributed by atoms with Gasteiger partial charge in [0, 0.05) is 0 Å². The van der Waals surface area contributed by atoms with Gasteiger partial charge in [0.25, 0.3) is 0 Å². The topological polar surface area (TPSA) is 0 Å². The second-order valence-electron chi connectivity index (χ2n) is 15.7. The number of rotatable bonds is 3. The molecule has 0 aliphatic heterocycles. The summed E-state index contributed by atoms with van der Waals surface area (Å²) >= 11 is 0. The lowest BCUT2D eigenvalue weighted by Crippen LogP contribution is -2.42. The van der Waals surface area contributed by atoms with Crippen molar-refractivity contribution >= 4 is 43.1 Å². The third kappa shape index (κ3) is 4.10. The van der Waals surface area contributed by atoms with E-state index in [2.05, 4.69) is 187 Å². The van der Waals surface area contributed by atoms with Crippen molar-refractivity contribution in [2.75, 3.05) is 0 Å². The predicted molar refractivity (Wildman–Crippen MR) is 213 cm³/mol. The Kier molecular flexibility index (Phi) is 6.35. The van der Waals surface area contributed by atoms with Crippen LogP contribution in [-0.4, -0.2) is 0 Å². The molecule has 0 radical (unpaired) electrons. The number of hydrogen-bond acceptors (Lipinski definition) is 0. The number of hydrogen-bond donors (Lipinski definition) is 0. The highest BCUT2D eigenvalue weighted by Crippen LogP contribution is 2.62. The Hall–Kier alpha value is -5.20. The molecule has 0 heteroatoms. The summed E-state index contributed by atoms with van der Waals surface area (Å²) in [6, 6.07) is 54.6. The monoisotopic (exact) mass is 630 g/mol. The van der Waals surface area contributed by atoms with Crippen molar-refractivity contribution in [3.05, 3.63) is 157 Å². The van der Waals surface area contributed by atoms with Gasteiger partial charge in [-0.3, -0.25) is 0 Å². The van der Waals surface area contributed by atoms with E-state index in [9.17, 15) is 0 Å². The van der Waals surface area contributed by atoms with Gasteiger partial charge >= 0.3 is 0 Å². The summed E-state index contributed by atoms with van der Waals surface area (Å²) < 4.78 is 0. The van der Waals surface area contributed by atoms with Crippen LogP contribution in [0.3, 0.4) is 0 Å². The van der Waals surface area contributed by atoms with Gasteiger partial charge in [0.15, 0.2) is 0 Å². The number of benzene rings is 8. The van der Waals surface area contributed by atoms with Crippen LogP contribution in [0.4, 0.5) is 0 Å². The van der Waals surface area contributed by atoms with Crippen LogP contribution in [0.25, 0.3) is 76.5 Å². The Morgan fingerprint density at radius 1 is 0.327 bits per heavy atom. The van der Waals surface area contributed by atoms with Crippen molar-refractivity contribution in [3.8, 4) is 33.4 Å². The van der Waals surface area contributed by atoms with Crippen LogP contribution >= 0.6 is 0 Å². The van der Waals surface area contributed by atoms with E-state index < -0.39 is 0 Å². The van der Waals surface area contributed by atoms with Gasteiger partial charge in [-0.25, -0.2) is 0 Å².